The van der Waals surface area contributed by atoms with Gasteiger partial charge in [0.05, 0.1) is 11.1 Å². The first kappa shape index (κ1) is 18.2. The van der Waals surface area contributed by atoms with Gasteiger partial charge in [-0.2, -0.15) is 0 Å². The molecule has 0 bridgehead atoms. The summed E-state index contributed by atoms with van der Waals surface area (Å²) in [5.41, 5.74) is 1.61. The Labute approximate surface area is 155 Å². The molecule has 25 heavy (non-hydrogen) atoms. The average Bonchev–Trinajstić information content (AvgIpc) is 2.92. The minimum Gasteiger partial charge on any atom is -0.387 e. The molecule has 0 spiro atoms. The Morgan fingerprint density at radius 3 is 2.68 bits per heavy atom. The zero-order valence-corrected chi connectivity index (χ0v) is 15.6. The van der Waals surface area contributed by atoms with Crippen molar-refractivity contribution in [2.75, 3.05) is 6.54 Å². The lowest BCUT2D eigenvalue weighted by Crippen LogP contribution is -2.28. The van der Waals surface area contributed by atoms with E-state index < -0.39 is 16.1 Å². The monoisotopic (exact) mass is 398 g/mol. The molecule has 2 N–H and O–H groups in total. The van der Waals surface area contributed by atoms with Gasteiger partial charge in [-0.25, -0.2) is 13.1 Å². The lowest BCUT2D eigenvalue weighted by atomic mass is 10.1. The molecule has 0 aliphatic rings. The van der Waals surface area contributed by atoms with E-state index in [1.807, 2.05) is 35.9 Å². The largest absolute Gasteiger partial charge is 0.387 e. The second-order valence-corrected chi connectivity index (χ2v) is 8.23. The minimum absolute atomic E-state index is 0.0663. The van der Waals surface area contributed by atoms with E-state index in [4.69, 9.17) is 23.2 Å². The van der Waals surface area contributed by atoms with E-state index in [0.29, 0.717) is 5.56 Å². The Bertz CT molecular complexity index is 1030. The van der Waals surface area contributed by atoms with Gasteiger partial charge in [-0.1, -0.05) is 41.4 Å². The molecule has 0 saturated heterocycles. The van der Waals surface area contributed by atoms with Crippen LogP contribution in [0.2, 0.25) is 10.0 Å². The molecule has 0 saturated carbocycles. The molecule has 2 aromatic carbocycles. The quantitative estimate of drug-likeness (QED) is 0.690. The molecule has 1 unspecified atom stereocenters. The van der Waals surface area contributed by atoms with Crippen molar-refractivity contribution in [3.8, 4) is 0 Å². The zero-order chi connectivity index (χ0) is 18.2. The first-order valence-electron chi connectivity index (χ1n) is 7.46. The third-order valence-corrected chi connectivity index (χ3v) is 6.08. The van der Waals surface area contributed by atoms with Gasteiger partial charge in [-0.3, -0.25) is 0 Å². The number of aryl methyl sites for hydroxylation is 1. The van der Waals surface area contributed by atoms with E-state index in [2.05, 4.69) is 4.72 Å². The predicted octanol–water partition coefficient (Wildman–Crippen LogP) is 3.50. The normalized spacial score (nSPS) is 13.3. The van der Waals surface area contributed by atoms with Crippen LogP contribution in [0.25, 0.3) is 10.9 Å². The summed E-state index contributed by atoms with van der Waals surface area (Å²) >= 11 is 11.8. The number of sulfonamides is 1. The highest BCUT2D eigenvalue weighted by Gasteiger charge is 2.21. The maximum Gasteiger partial charge on any atom is 0.242 e. The summed E-state index contributed by atoms with van der Waals surface area (Å²) in [5.74, 6) is 0. The van der Waals surface area contributed by atoms with Crippen LogP contribution in [0.4, 0.5) is 0 Å². The van der Waals surface area contributed by atoms with Gasteiger partial charge in [-0.15, -0.1) is 0 Å². The van der Waals surface area contributed by atoms with Crippen molar-refractivity contribution in [1.82, 2.24) is 9.29 Å². The van der Waals surface area contributed by atoms with Gasteiger partial charge in [-0.05, 0) is 24.3 Å². The summed E-state index contributed by atoms with van der Waals surface area (Å²) in [4.78, 5) is -0.119. The highest BCUT2D eigenvalue weighted by molar-refractivity contribution is 7.89. The molecule has 0 aliphatic carbocycles. The average molecular weight is 399 g/mol. The van der Waals surface area contributed by atoms with E-state index in [9.17, 15) is 13.5 Å². The van der Waals surface area contributed by atoms with E-state index >= 15 is 0 Å². The van der Waals surface area contributed by atoms with Gasteiger partial charge in [0.2, 0.25) is 10.0 Å². The number of benzene rings is 2. The van der Waals surface area contributed by atoms with Gasteiger partial charge in [0.15, 0.2) is 0 Å². The number of nitrogens with zero attached hydrogens (tertiary/aromatic N) is 1. The molecule has 3 aromatic rings. The molecule has 1 aromatic heterocycles. The first-order chi connectivity index (χ1) is 11.8. The van der Waals surface area contributed by atoms with Crippen molar-refractivity contribution in [2.45, 2.75) is 11.0 Å². The summed E-state index contributed by atoms with van der Waals surface area (Å²) in [5, 5.41) is 11.7. The Morgan fingerprint density at radius 1 is 1.20 bits per heavy atom. The molecule has 8 heteroatoms. The number of rotatable bonds is 5. The number of hydrogen-bond donors (Lipinski definition) is 2. The Kier molecular flexibility index (Phi) is 5.09. The van der Waals surface area contributed by atoms with Gasteiger partial charge in [0, 0.05) is 41.3 Å². The third-order valence-electron chi connectivity index (χ3n) is 3.94. The van der Waals surface area contributed by atoms with Crippen LogP contribution < -0.4 is 4.72 Å². The lowest BCUT2D eigenvalue weighted by Gasteiger charge is -2.13. The van der Waals surface area contributed by atoms with Gasteiger partial charge >= 0.3 is 0 Å². The van der Waals surface area contributed by atoms with Crippen molar-refractivity contribution in [3.05, 3.63) is 64.3 Å². The number of hydrogen-bond acceptors (Lipinski definition) is 3. The van der Waals surface area contributed by atoms with Crippen molar-refractivity contribution in [2.24, 2.45) is 7.05 Å². The highest BCUT2D eigenvalue weighted by atomic mass is 35.5. The lowest BCUT2D eigenvalue weighted by molar-refractivity contribution is 0.183. The van der Waals surface area contributed by atoms with E-state index in [0.717, 1.165) is 10.9 Å². The molecular formula is C17H16Cl2N2O3S. The molecule has 0 fully saturated rings. The van der Waals surface area contributed by atoms with Crippen molar-refractivity contribution in [1.29, 1.82) is 0 Å². The molecular weight excluding hydrogens is 383 g/mol. The number of nitrogens with one attached hydrogen (secondary N) is 1. The van der Waals surface area contributed by atoms with Crippen LogP contribution in [0.1, 0.15) is 11.7 Å². The molecule has 3 rings (SSSR count). The van der Waals surface area contributed by atoms with E-state index in [-0.39, 0.29) is 21.5 Å². The summed E-state index contributed by atoms with van der Waals surface area (Å²) in [6.07, 6.45) is 0.787. The Balaban J connectivity index is 1.84. The fourth-order valence-electron chi connectivity index (χ4n) is 2.70. The summed E-state index contributed by atoms with van der Waals surface area (Å²) in [6.45, 7) is -0.181. The summed E-state index contributed by atoms with van der Waals surface area (Å²) in [7, 11) is -2.03. The number of aliphatic hydroxyl groups is 1. The van der Waals surface area contributed by atoms with Crippen LogP contribution in [0.3, 0.4) is 0 Å². The maximum atomic E-state index is 12.4. The van der Waals surface area contributed by atoms with Gasteiger partial charge in [0.1, 0.15) is 4.90 Å². The van der Waals surface area contributed by atoms with E-state index in [1.54, 1.807) is 6.20 Å². The molecule has 1 heterocycles. The zero-order valence-electron chi connectivity index (χ0n) is 13.3. The molecule has 0 radical (unpaired) electrons. The number of para-hydroxylation sites is 1. The molecule has 0 aliphatic heterocycles. The fraction of sp³-hybridized carbons (Fsp3) is 0.176. The maximum absolute atomic E-state index is 12.4. The Hall–Kier alpha value is -1.57. The van der Waals surface area contributed by atoms with E-state index in [1.165, 1.54) is 18.2 Å². The van der Waals surface area contributed by atoms with Crippen LogP contribution in [0.15, 0.2) is 53.6 Å². The standard InChI is InChI=1S/C17H16Cl2N2O3S/c1-21-10-13(12-4-2-3-5-15(12)21)16(22)9-20-25(23,24)17-8-11(18)6-7-14(17)19/h2-8,10,16,20,22H,9H2,1H3. The Morgan fingerprint density at radius 2 is 1.92 bits per heavy atom. The smallest absolute Gasteiger partial charge is 0.242 e. The highest BCUT2D eigenvalue weighted by Crippen LogP contribution is 2.27. The topological polar surface area (TPSA) is 71.3 Å². The van der Waals surface area contributed by atoms with Crippen LogP contribution >= 0.6 is 23.2 Å². The summed E-state index contributed by atoms with van der Waals surface area (Å²) in [6, 6.07) is 11.8. The third kappa shape index (κ3) is 3.68. The number of aromatic nitrogens is 1. The van der Waals surface area contributed by atoms with Crippen molar-refractivity contribution < 1.29 is 13.5 Å². The number of halogens is 2. The number of fused-ring (bicyclic) bond motifs is 1. The molecule has 5 nitrogen and oxygen atoms in total. The van der Waals surface area contributed by atoms with Gasteiger partial charge < -0.3 is 9.67 Å². The first-order valence-corrected chi connectivity index (χ1v) is 9.70. The minimum atomic E-state index is -3.90. The van der Waals surface area contributed by atoms with Crippen molar-refractivity contribution in [3.63, 3.8) is 0 Å². The fourth-order valence-corrected chi connectivity index (χ4v) is 4.50. The molecule has 0 amide bonds. The molecule has 132 valence electrons. The van der Waals surface area contributed by atoms with Crippen LogP contribution in [-0.4, -0.2) is 24.6 Å². The van der Waals surface area contributed by atoms with Gasteiger partial charge in [0.25, 0.3) is 0 Å². The van der Waals surface area contributed by atoms with Crippen LogP contribution in [-0.2, 0) is 17.1 Å². The second kappa shape index (κ2) is 6.97. The van der Waals surface area contributed by atoms with Crippen molar-refractivity contribution >= 4 is 44.1 Å². The van der Waals surface area contributed by atoms with Crippen LogP contribution in [0, 0.1) is 0 Å². The molecule has 1 atom stereocenters. The second-order valence-electron chi connectivity index (χ2n) is 5.65. The van der Waals surface area contributed by atoms with Crippen LogP contribution in [0.5, 0.6) is 0 Å². The number of aliphatic hydroxyl groups excluding tert-OH is 1. The predicted molar refractivity (Wildman–Crippen MR) is 99.5 cm³/mol. The SMILES string of the molecule is Cn1cc(C(O)CNS(=O)(=O)c2cc(Cl)ccc2Cl)c2ccccc21. The summed E-state index contributed by atoms with van der Waals surface area (Å²) < 4.78 is 29.1.